The summed E-state index contributed by atoms with van der Waals surface area (Å²) < 4.78 is 13.4. The van der Waals surface area contributed by atoms with Crippen LogP contribution in [-0.2, 0) is 23.3 Å². The van der Waals surface area contributed by atoms with Gasteiger partial charge >= 0.3 is 0 Å². The van der Waals surface area contributed by atoms with Gasteiger partial charge in [0, 0.05) is 25.5 Å². The molecule has 0 bridgehead atoms. The summed E-state index contributed by atoms with van der Waals surface area (Å²) in [5.41, 5.74) is 1.78. The molecule has 30 heavy (non-hydrogen) atoms. The number of fused-ring (bicyclic) bond motifs is 1. The van der Waals surface area contributed by atoms with Gasteiger partial charge in [-0.2, -0.15) is 5.10 Å². The van der Waals surface area contributed by atoms with Crippen molar-refractivity contribution in [3.63, 3.8) is 0 Å². The van der Waals surface area contributed by atoms with E-state index in [2.05, 4.69) is 16.5 Å². The van der Waals surface area contributed by atoms with Crippen molar-refractivity contribution in [2.45, 2.75) is 45.2 Å². The van der Waals surface area contributed by atoms with Crippen LogP contribution in [0.2, 0.25) is 0 Å². The van der Waals surface area contributed by atoms with Crippen molar-refractivity contribution in [3.8, 4) is 11.5 Å². The molecule has 3 heterocycles. The number of carbonyl (C=O) groups excluding carboxylic acids is 1. The van der Waals surface area contributed by atoms with Gasteiger partial charge in [0.05, 0.1) is 13.2 Å². The summed E-state index contributed by atoms with van der Waals surface area (Å²) in [6.07, 6.45) is 6.00. The summed E-state index contributed by atoms with van der Waals surface area (Å²) in [5.74, 6) is 1.71. The summed E-state index contributed by atoms with van der Waals surface area (Å²) >= 11 is 0. The third-order valence-electron chi connectivity index (χ3n) is 5.94. The molecule has 8 heteroatoms. The van der Waals surface area contributed by atoms with Crippen molar-refractivity contribution < 1.29 is 14.3 Å². The molecule has 1 N–H and O–H groups in total. The maximum Gasteiger partial charge on any atom is 0.250 e. The zero-order chi connectivity index (χ0) is 20.3. The number of rotatable bonds is 6. The maximum atomic E-state index is 13.7. The van der Waals surface area contributed by atoms with Gasteiger partial charge in [-0.05, 0) is 75.5 Å². The summed E-state index contributed by atoms with van der Waals surface area (Å²) in [6, 6.07) is 6.03. The van der Waals surface area contributed by atoms with Gasteiger partial charge in [0.2, 0.25) is 0 Å². The standard InChI is InChI=1S/C22H30N4O3.ClH/c1-3-28-19-14-17-6-13-25(16-18(17)15-20(19)29-4-2)21(27)22(7-10-23-11-8-22)26-12-5-9-24-26;/h5,9,12,14-15,23H,3-4,6-8,10-11,13,16H2,1-2H3;1H. The van der Waals surface area contributed by atoms with E-state index in [9.17, 15) is 4.79 Å². The number of nitrogens with one attached hydrogen (secondary N) is 1. The molecule has 1 saturated heterocycles. The Bertz CT molecular complexity index is 850. The Morgan fingerprint density at radius 2 is 1.80 bits per heavy atom. The SMILES string of the molecule is CCOc1cc2c(cc1OCC)CN(C(=O)C1(n3cccn3)CCNCC1)CC2.Cl. The lowest BCUT2D eigenvalue weighted by Gasteiger charge is -2.41. The Kier molecular flexibility index (Phi) is 7.26. The molecule has 4 rings (SSSR count). The molecule has 0 aliphatic carbocycles. The van der Waals surface area contributed by atoms with Gasteiger partial charge in [-0.3, -0.25) is 9.48 Å². The topological polar surface area (TPSA) is 68.6 Å². The number of nitrogens with zero attached hydrogens (tertiary/aromatic N) is 3. The monoisotopic (exact) mass is 434 g/mol. The van der Waals surface area contributed by atoms with Crippen molar-refractivity contribution >= 4 is 18.3 Å². The number of piperidine rings is 1. The fraction of sp³-hybridized carbons (Fsp3) is 0.545. The van der Waals surface area contributed by atoms with Gasteiger partial charge in [-0.1, -0.05) is 0 Å². The second kappa shape index (κ2) is 9.71. The number of aromatic nitrogens is 2. The van der Waals surface area contributed by atoms with E-state index in [1.807, 2.05) is 41.8 Å². The highest BCUT2D eigenvalue weighted by Crippen LogP contribution is 2.36. The maximum absolute atomic E-state index is 13.7. The number of hydrogen-bond acceptors (Lipinski definition) is 5. The molecule has 2 aromatic rings. The summed E-state index contributed by atoms with van der Waals surface area (Å²) in [5, 5.41) is 7.82. The largest absolute Gasteiger partial charge is 0.490 e. The third kappa shape index (κ3) is 4.14. The first-order chi connectivity index (χ1) is 14.2. The fourth-order valence-electron chi connectivity index (χ4n) is 4.47. The first kappa shape index (κ1) is 22.4. The van der Waals surface area contributed by atoms with E-state index < -0.39 is 5.54 Å². The number of carbonyl (C=O) groups is 1. The predicted octanol–water partition coefficient (Wildman–Crippen LogP) is 2.77. The molecule has 0 saturated carbocycles. The number of hydrogen-bond donors (Lipinski definition) is 1. The molecule has 0 radical (unpaired) electrons. The van der Waals surface area contributed by atoms with Crippen LogP contribution in [0.15, 0.2) is 30.6 Å². The predicted molar refractivity (Wildman–Crippen MR) is 117 cm³/mol. The van der Waals surface area contributed by atoms with Crippen LogP contribution >= 0.6 is 12.4 Å². The van der Waals surface area contributed by atoms with Crippen LogP contribution in [0.4, 0.5) is 0 Å². The molecule has 2 aliphatic heterocycles. The molecule has 1 amide bonds. The average Bonchev–Trinajstić information content (AvgIpc) is 3.30. The molecule has 0 unspecified atom stereocenters. The third-order valence-corrected chi connectivity index (χ3v) is 5.94. The zero-order valence-corrected chi connectivity index (χ0v) is 18.5. The highest BCUT2D eigenvalue weighted by molar-refractivity contribution is 5.85. The Balaban J connectivity index is 0.00000256. The van der Waals surface area contributed by atoms with Gasteiger partial charge in [0.1, 0.15) is 5.54 Å². The Morgan fingerprint density at radius 3 is 2.40 bits per heavy atom. The normalized spacial score (nSPS) is 17.6. The van der Waals surface area contributed by atoms with Gasteiger partial charge in [0.15, 0.2) is 11.5 Å². The van der Waals surface area contributed by atoms with E-state index in [1.165, 1.54) is 5.56 Å². The second-order valence-electron chi connectivity index (χ2n) is 7.64. The minimum Gasteiger partial charge on any atom is -0.490 e. The lowest BCUT2D eigenvalue weighted by atomic mass is 9.85. The molecule has 7 nitrogen and oxygen atoms in total. The Hall–Kier alpha value is -2.25. The first-order valence-corrected chi connectivity index (χ1v) is 10.6. The van der Waals surface area contributed by atoms with Crippen LogP contribution in [0.25, 0.3) is 0 Å². The van der Waals surface area contributed by atoms with E-state index in [4.69, 9.17) is 9.47 Å². The zero-order valence-electron chi connectivity index (χ0n) is 17.7. The van der Waals surface area contributed by atoms with Crippen molar-refractivity contribution in [2.75, 3.05) is 32.8 Å². The van der Waals surface area contributed by atoms with E-state index >= 15 is 0 Å². The van der Waals surface area contributed by atoms with Crippen LogP contribution in [0.3, 0.4) is 0 Å². The lowest BCUT2D eigenvalue weighted by Crippen LogP contribution is -2.56. The average molecular weight is 435 g/mol. The Morgan fingerprint density at radius 1 is 1.13 bits per heavy atom. The van der Waals surface area contributed by atoms with Crippen molar-refractivity contribution in [2.24, 2.45) is 0 Å². The summed E-state index contributed by atoms with van der Waals surface area (Å²) in [4.78, 5) is 15.7. The number of halogens is 1. The number of ether oxygens (including phenoxy) is 2. The molecule has 1 fully saturated rings. The van der Waals surface area contributed by atoms with E-state index in [0.717, 1.165) is 49.4 Å². The van der Waals surface area contributed by atoms with Crippen molar-refractivity contribution in [1.82, 2.24) is 20.0 Å². The smallest absolute Gasteiger partial charge is 0.250 e. The van der Waals surface area contributed by atoms with E-state index in [-0.39, 0.29) is 18.3 Å². The molecule has 164 valence electrons. The molecule has 0 atom stereocenters. The summed E-state index contributed by atoms with van der Waals surface area (Å²) in [7, 11) is 0. The minimum atomic E-state index is -0.597. The Labute approximate surface area is 184 Å². The number of benzene rings is 1. The fourth-order valence-corrected chi connectivity index (χ4v) is 4.47. The molecule has 2 aliphatic rings. The highest BCUT2D eigenvalue weighted by Gasteiger charge is 2.45. The molecular weight excluding hydrogens is 404 g/mol. The molecule has 1 aromatic heterocycles. The van der Waals surface area contributed by atoms with Crippen LogP contribution in [0.5, 0.6) is 11.5 Å². The minimum absolute atomic E-state index is 0. The van der Waals surface area contributed by atoms with Gasteiger partial charge in [0.25, 0.3) is 5.91 Å². The molecule has 0 spiro atoms. The van der Waals surface area contributed by atoms with Gasteiger partial charge in [-0.15, -0.1) is 12.4 Å². The van der Waals surface area contributed by atoms with Crippen molar-refractivity contribution in [1.29, 1.82) is 0 Å². The van der Waals surface area contributed by atoms with E-state index in [1.54, 1.807) is 6.20 Å². The van der Waals surface area contributed by atoms with E-state index in [0.29, 0.717) is 26.3 Å². The molecule has 1 aromatic carbocycles. The highest BCUT2D eigenvalue weighted by atomic mass is 35.5. The van der Waals surface area contributed by atoms with Crippen LogP contribution in [0.1, 0.15) is 37.8 Å². The van der Waals surface area contributed by atoms with Crippen molar-refractivity contribution in [3.05, 3.63) is 41.7 Å². The van der Waals surface area contributed by atoms with Crippen LogP contribution in [0, 0.1) is 0 Å². The molecular formula is C22H31ClN4O3. The first-order valence-electron chi connectivity index (χ1n) is 10.6. The second-order valence-corrected chi connectivity index (χ2v) is 7.64. The quantitative estimate of drug-likeness (QED) is 0.757. The summed E-state index contributed by atoms with van der Waals surface area (Å²) in [6.45, 7) is 8.07. The van der Waals surface area contributed by atoms with Crippen LogP contribution < -0.4 is 14.8 Å². The lowest BCUT2D eigenvalue weighted by molar-refractivity contribution is -0.144. The number of amides is 1. The van der Waals surface area contributed by atoms with Crippen LogP contribution in [-0.4, -0.2) is 53.4 Å². The van der Waals surface area contributed by atoms with Gasteiger partial charge < -0.3 is 19.7 Å². The van der Waals surface area contributed by atoms with Gasteiger partial charge in [-0.25, -0.2) is 0 Å².